The first-order chi connectivity index (χ1) is 8.89. The zero-order valence-electron chi connectivity index (χ0n) is 10.2. The molecule has 0 heterocycles. The van der Waals surface area contributed by atoms with Gasteiger partial charge in [-0.3, -0.25) is 19.2 Å². The molecular formula is C10H9F5O5. The van der Waals surface area contributed by atoms with Crippen LogP contribution in [0.25, 0.3) is 0 Å². The molecule has 10 heteroatoms. The Morgan fingerprint density at radius 2 is 1.50 bits per heavy atom. The van der Waals surface area contributed by atoms with Gasteiger partial charge in [-0.25, -0.2) is 8.78 Å². The SMILES string of the molecule is CC(=O)C(OC(=O)C(C)C(=O)C(F)(F)F)C(=O)C(F)F. The van der Waals surface area contributed by atoms with Crippen LogP contribution in [-0.4, -0.2) is 42.0 Å². The van der Waals surface area contributed by atoms with Gasteiger partial charge in [0.05, 0.1) is 0 Å². The van der Waals surface area contributed by atoms with Gasteiger partial charge in [0, 0.05) is 0 Å². The van der Waals surface area contributed by atoms with E-state index in [9.17, 15) is 41.1 Å². The Hall–Kier alpha value is -1.87. The number of hydrogen-bond acceptors (Lipinski definition) is 5. The van der Waals surface area contributed by atoms with Crippen molar-refractivity contribution in [3.8, 4) is 0 Å². The number of carbonyl (C=O) groups excluding carboxylic acids is 4. The molecule has 0 amide bonds. The molecule has 0 bridgehead atoms. The lowest BCUT2D eigenvalue weighted by molar-refractivity contribution is -0.183. The van der Waals surface area contributed by atoms with Crippen LogP contribution < -0.4 is 0 Å². The molecule has 0 rings (SSSR count). The molecule has 0 saturated heterocycles. The van der Waals surface area contributed by atoms with Crippen molar-refractivity contribution in [2.75, 3.05) is 0 Å². The second-order valence-electron chi connectivity index (χ2n) is 3.71. The normalized spacial score (nSPS) is 14.6. The summed E-state index contributed by atoms with van der Waals surface area (Å²) in [5, 5.41) is 0. The van der Waals surface area contributed by atoms with E-state index in [0.717, 1.165) is 0 Å². The van der Waals surface area contributed by atoms with Crippen LogP contribution in [-0.2, 0) is 23.9 Å². The van der Waals surface area contributed by atoms with Crippen molar-refractivity contribution in [1.29, 1.82) is 0 Å². The number of carbonyl (C=O) groups is 4. The van der Waals surface area contributed by atoms with Gasteiger partial charge in [-0.15, -0.1) is 0 Å². The predicted octanol–water partition coefficient (Wildman–Crippen LogP) is 1.09. The highest BCUT2D eigenvalue weighted by Crippen LogP contribution is 2.22. The van der Waals surface area contributed by atoms with Crippen molar-refractivity contribution < 1.29 is 45.9 Å². The second kappa shape index (κ2) is 6.53. The van der Waals surface area contributed by atoms with Crippen LogP contribution in [0.15, 0.2) is 0 Å². The van der Waals surface area contributed by atoms with Crippen molar-refractivity contribution in [2.45, 2.75) is 32.6 Å². The standard InChI is InChI=1S/C10H9F5O5/c1-3(7(18)10(13,14)15)9(19)20-6(4(2)16)5(17)8(11)12/h3,6,8H,1-2H3. The summed E-state index contributed by atoms with van der Waals surface area (Å²) in [7, 11) is 0. The number of hydrogen-bond donors (Lipinski definition) is 0. The molecule has 0 saturated carbocycles. The van der Waals surface area contributed by atoms with Gasteiger partial charge >= 0.3 is 12.1 Å². The third-order valence-corrected chi connectivity index (χ3v) is 2.10. The van der Waals surface area contributed by atoms with E-state index in [1.165, 1.54) is 0 Å². The molecule has 0 radical (unpaired) electrons. The molecule has 2 atom stereocenters. The van der Waals surface area contributed by atoms with Gasteiger partial charge in [0.15, 0.2) is 5.78 Å². The van der Waals surface area contributed by atoms with Crippen molar-refractivity contribution >= 4 is 23.3 Å². The highest BCUT2D eigenvalue weighted by molar-refractivity contribution is 6.08. The molecule has 20 heavy (non-hydrogen) atoms. The highest BCUT2D eigenvalue weighted by atomic mass is 19.4. The largest absolute Gasteiger partial charge is 0.450 e. The number of esters is 1. The van der Waals surface area contributed by atoms with E-state index in [1.807, 2.05) is 0 Å². The van der Waals surface area contributed by atoms with E-state index in [4.69, 9.17) is 0 Å². The molecule has 0 aliphatic carbocycles. The summed E-state index contributed by atoms with van der Waals surface area (Å²) < 4.78 is 64.3. The van der Waals surface area contributed by atoms with E-state index < -0.39 is 47.9 Å². The summed E-state index contributed by atoms with van der Waals surface area (Å²) in [6.07, 6.45) is -11.5. The Morgan fingerprint density at radius 3 is 1.80 bits per heavy atom. The van der Waals surface area contributed by atoms with E-state index in [2.05, 4.69) is 4.74 Å². The van der Waals surface area contributed by atoms with E-state index in [1.54, 1.807) is 0 Å². The first-order valence-electron chi connectivity index (χ1n) is 5.03. The summed E-state index contributed by atoms with van der Waals surface area (Å²) in [5.74, 6) is -10.1. The molecule has 0 fully saturated rings. The van der Waals surface area contributed by atoms with Gasteiger partial charge in [-0.05, 0) is 13.8 Å². The van der Waals surface area contributed by atoms with E-state index in [0.29, 0.717) is 13.8 Å². The molecule has 0 aromatic carbocycles. The van der Waals surface area contributed by atoms with Gasteiger partial charge in [0.1, 0.15) is 5.92 Å². The monoisotopic (exact) mass is 304 g/mol. The third-order valence-electron chi connectivity index (χ3n) is 2.10. The van der Waals surface area contributed by atoms with Crippen LogP contribution in [0.5, 0.6) is 0 Å². The van der Waals surface area contributed by atoms with Crippen molar-refractivity contribution in [3.63, 3.8) is 0 Å². The molecule has 0 aromatic rings. The topological polar surface area (TPSA) is 77.5 Å². The Bertz CT molecular complexity index is 428. The van der Waals surface area contributed by atoms with Crippen molar-refractivity contribution in [2.24, 2.45) is 5.92 Å². The second-order valence-corrected chi connectivity index (χ2v) is 3.71. The van der Waals surface area contributed by atoms with Gasteiger partial charge < -0.3 is 4.74 Å². The zero-order chi connectivity index (χ0) is 16.2. The van der Waals surface area contributed by atoms with Gasteiger partial charge in [0.2, 0.25) is 17.7 Å². The van der Waals surface area contributed by atoms with E-state index in [-0.39, 0.29) is 0 Å². The number of halogens is 5. The van der Waals surface area contributed by atoms with Crippen LogP contribution in [0.3, 0.4) is 0 Å². The Balaban J connectivity index is 5.00. The van der Waals surface area contributed by atoms with Gasteiger partial charge in [-0.2, -0.15) is 13.2 Å². The third kappa shape index (κ3) is 4.67. The molecule has 5 nitrogen and oxygen atoms in total. The minimum atomic E-state index is -5.34. The van der Waals surface area contributed by atoms with Gasteiger partial charge in [0.25, 0.3) is 6.43 Å². The van der Waals surface area contributed by atoms with Crippen molar-refractivity contribution in [1.82, 2.24) is 0 Å². The quantitative estimate of drug-likeness (QED) is 0.417. The fourth-order valence-corrected chi connectivity index (χ4v) is 1.03. The molecule has 114 valence electrons. The molecule has 0 aliphatic rings. The minimum Gasteiger partial charge on any atom is -0.445 e. The highest BCUT2D eigenvalue weighted by Gasteiger charge is 2.46. The fourth-order valence-electron chi connectivity index (χ4n) is 1.03. The van der Waals surface area contributed by atoms with E-state index >= 15 is 0 Å². The van der Waals surface area contributed by atoms with Crippen LogP contribution >= 0.6 is 0 Å². The molecule has 2 unspecified atom stereocenters. The molecular weight excluding hydrogens is 295 g/mol. The lowest BCUT2D eigenvalue weighted by Gasteiger charge is -2.17. The zero-order valence-corrected chi connectivity index (χ0v) is 10.2. The summed E-state index contributed by atoms with van der Waals surface area (Å²) in [6, 6.07) is 0. The molecule has 0 aromatic heterocycles. The summed E-state index contributed by atoms with van der Waals surface area (Å²) >= 11 is 0. The average Bonchev–Trinajstić information content (AvgIpc) is 2.31. The summed E-state index contributed by atoms with van der Waals surface area (Å²) in [6.45, 7) is 1.15. The van der Waals surface area contributed by atoms with Crippen LogP contribution in [0.4, 0.5) is 22.0 Å². The number of rotatable bonds is 6. The van der Waals surface area contributed by atoms with Crippen LogP contribution in [0.1, 0.15) is 13.8 Å². The predicted molar refractivity (Wildman–Crippen MR) is 51.8 cm³/mol. The fraction of sp³-hybridized carbons (Fsp3) is 0.600. The maximum atomic E-state index is 12.1. The first kappa shape index (κ1) is 18.1. The maximum absolute atomic E-state index is 12.1. The van der Waals surface area contributed by atoms with Crippen LogP contribution in [0, 0.1) is 5.92 Å². The maximum Gasteiger partial charge on any atom is 0.450 e. The Kier molecular flexibility index (Phi) is 5.92. The van der Waals surface area contributed by atoms with Gasteiger partial charge in [-0.1, -0.05) is 0 Å². The lowest BCUT2D eigenvalue weighted by atomic mass is 10.1. The summed E-state index contributed by atoms with van der Waals surface area (Å²) in [5.41, 5.74) is 0. The number of ketones is 3. The van der Waals surface area contributed by atoms with Crippen LogP contribution in [0.2, 0.25) is 0 Å². The average molecular weight is 304 g/mol. The Morgan fingerprint density at radius 1 is 1.05 bits per heavy atom. The first-order valence-corrected chi connectivity index (χ1v) is 5.03. The lowest BCUT2D eigenvalue weighted by Crippen LogP contribution is -2.41. The Labute approximate surface area is 109 Å². The minimum absolute atomic E-state index is 0.516. The smallest absolute Gasteiger partial charge is 0.445 e. The van der Waals surface area contributed by atoms with Crippen molar-refractivity contribution in [3.05, 3.63) is 0 Å². The number of ether oxygens (including phenoxy) is 1. The molecule has 0 spiro atoms. The molecule has 0 N–H and O–H groups in total. The molecule has 0 aliphatic heterocycles. The number of Topliss-reactive ketones (excluding diaryl/α,β-unsaturated/α-hetero) is 3. The summed E-state index contributed by atoms with van der Waals surface area (Å²) in [4.78, 5) is 43.6. The number of alkyl halides is 5.